The van der Waals surface area contributed by atoms with Crippen molar-refractivity contribution in [3.05, 3.63) is 59.7 Å². The highest BCUT2D eigenvalue weighted by molar-refractivity contribution is 7.98. The van der Waals surface area contributed by atoms with E-state index >= 15 is 0 Å². The number of carbonyl (C=O) groups is 1. The van der Waals surface area contributed by atoms with Crippen LogP contribution in [0.4, 0.5) is 0 Å². The van der Waals surface area contributed by atoms with Gasteiger partial charge in [-0.25, -0.2) is 8.42 Å². The maximum absolute atomic E-state index is 12.9. The topological polar surface area (TPSA) is 66.5 Å². The monoisotopic (exact) mass is 446 g/mol. The summed E-state index contributed by atoms with van der Waals surface area (Å²) in [4.78, 5) is 14.2. The molecule has 1 N–H and O–H groups in total. The Hall–Kier alpha value is -1.83. The molecule has 30 heavy (non-hydrogen) atoms. The predicted molar refractivity (Wildman–Crippen MR) is 122 cm³/mol. The molecular formula is C23H30N2O3S2. The molecular weight excluding hydrogens is 416 g/mol. The second-order valence-corrected chi connectivity index (χ2v) is 10.6. The highest BCUT2D eigenvalue weighted by atomic mass is 32.2. The first-order valence-electron chi connectivity index (χ1n) is 10.4. The van der Waals surface area contributed by atoms with Crippen molar-refractivity contribution in [3.63, 3.8) is 0 Å². The maximum Gasteiger partial charge on any atom is 0.243 e. The van der Waals surface area contributed by atoms with E-state index in [2.05, 4.69) is 36.5 Å². The smallest absolute Gasteiger partial charge is 0.243 e. The van der Waals surface area contributed by atoms with E-state index in [1.54, 1.807) is 23.9 Å². The van der Waals surface area contributed by atoms with E-state index < -0.39 is 10.0 Å². The standard InChI is InChI=1S/C23H30N2O3S2/c1-4-22(18-7-5-17(2)6-8-18)24-23(26)19-13-15-25(16-14-19)30(27,28)21-11-9-20(29-3)10-12-21/h5-12,19,22H,4,13-16H2,1-3H3,(H,24,26). The third-order valence-electron chi connectivity index (χ3n) is 5.73. The minimum Gasteiger partial charge on any atom is -0.349 e. The average molecular weight is 447 g/mol. The fraction of sp³-hybridized carbons (Fsp3) is 0.435. The number of amides is 1. The van der Waals surface area contributed by atoms with E-state index in [-0.39, 0.29) is 17.9 Å². The normalized spacial score (nSPS) is 16.9. The van der Waals surface area contributed by atoms with Crippen LogP contribution in [0.25, 0.3) is 0 Å². The SMILES string of the molecule is CCC(NC(=O)C1CCN(S(=O)(=O)c2ccc(SC)cc2)CC1)c1ccc(C)cc1. The lowest BCUT2D eigenvalue weighted by molar-refractivity contribution is -0.126. The molecule has 1 fully saturated rings. The number of benzene rings is 2. The minimum atomic E-state index is -3.52. The Bertz CT molecular complexity index is 949. The number of carbonyl (C=O) groups excluding carboxylic acids is 1. The van der Waals surface area contributed by atoms with Crippen LogP contribution >= 0.6 is 11.8 Å². The summed E-state index contributed by atoms with van der Waals surface area (Å²) in [5, 5.41) is 3.16. The molecule has 7 heteroatoms. The Kier molecular flexibility index (Phi) is 7.60. The van der Waals surface area contributed by atoms with E-state index in [0.29, 0.717) is 30.8 Å². The molecule has 1 amide bonds. The predicted octanol–water partition coefficient (Wildman–Crippen LogP) is 4.39. The van der Waals surface area contributed by atoms with Crippen molar-refractivity contribution in [1.29, 1.82) is 0 Å². The van der Waals surface area contributed by atoms with Crippen molar-refractivity contribution in [1.82, 2.24) is 9.62 Å². The van der Waals surface area contributed by atoms with Gasteiger partial charge in [-0.3, -0.25) is 4.79 Å². The number of aryl methyl sites for hydroxylation is 1. The zero-order valence-corrected chi connectivity index (χ0v) is 19.4. The van der Waals surface area contributed by atoms with E-state index in [0.717, 1.165) is 16.9 Å². The fourth-order valence-corrected chi connectivity index (χ4v) is 5.64. The molecule has 2 aromatic rings. The molecule has 0 spiro atoms. The first-order chi connectivity index (χ1) is 14.3. The van der Waals surface area contributed by atoms with E-state index in [1.807, 2.05) is 25.3 Å². The van der Waals surface area contributed by atoms with Crippen molar-refractivity contribution in [2.75, 3.05) is 19.3 Å². The maximum atomic E-state index is 12.9. The van der Waals surface area contributed by atoms with Crippen molar-refractivity contribution >= 4 is 27.7 Å². The van der Waals surface area contributed by atoms with Gasteiger partial charge in [-0.15, -0.1) is 11.8 Å². The third-order valence-corrected chi connectivity index (χ3v) is 8.38. The summed E-state index contributed by atoms with van der Waals surface area (Å²) >= 11 is 1.58. The van der Waals surface area contributed by atoms with Gasteiger partial charge >= 0.3 is 0 Å². The van der Waals surface area contributed by atoms with Gasteiger partial charge in [0.05, 0.1) is 10.9 Å². The first-order valence-corrected chi connectivity index (χ1v) is 13.0. The number of nitrogens with one attached hydrogen (secondary N) is 1. The van der Waals surface area contributed by atoms with E-state index in [4.69, 9.17) is 0 Å². The van der Waals surface area contributed by atoms with Gasteiger partial charge in [-0.2, -0.15) is 4.31 Å². The van der Waals surface area contributed by atoms with Gasteiger partial charge in [0.25, 0.3) is 0 Å². The summed E-state index contributed by atoms with van der Waals surface area (Å²) in [6.07, 6.45) is 3.85. The zero-order valence-electron chi connectivity index (χ0n) is 17.8. The van der Waals surface area contributed by atoms with Crippen molar-refractivity contribution in [2.24, 2.45) is 5.92 Å². The van der Waals surface area contributed by atoms with Crippen LogP contribution < -0.4 is 5.32 Å². The van der Waals surface area contributed by atoms with Crippen molar-refractivity contribution in [2.45, 2.75) is 48.9 Å². The molecule has 1 atom stereocenters. The quantitative estimate of drug-likeness (QED) is 0.641. The number of nitrogens with zero attached hydrogens (tertiary/aromatic N) is 1. The number of hydrogen-bond donors (Lipinski definition) is 1. The van der Waals surface area contributed by atoms with Gasteiger partial charge in [-0.05, 0) is 62.3 Å². The lowest BCUT2D eigenvalue weighted by Gasteiger charge is -2.31. The molecule has 1 heterocycles. The van der Waals surface area contributed by atoms with E-state index in [9.17, 15) is 13.2 Å². The summed E-state index contributed by atoms with van der Waals surface area (Å²) in [6, 6.07) is 15.2. The molecule has 1 unspecified atom stereocenters. The molecule has 0 aliphatic carbocycles. The highest BCUT2D eigenvalue weighted by Gasteiger charge is 2.32. The second-order valence-electron chi connectivity index (χ2n) is 7.73. The number of hydrogen-bond acceptors (Lipinski definition) is 4. The second kappa shape index (κ2) is 9.98. The molecule has 0 radical (unpaired) electrons. The molecule has 1 aliphatic heterocycles. The lowest BCUT2D eigenvalue weighted by Crippen LogP contribution is -2.43. The third kappa shape index (κ3) is 5.25. The Morgan fingerprint density at radius 3 is 2.23 bits per heavy atom. The first kappa shape index (κ1) is 22.8. The van der Waals surface area contributed by atoms with Crippen LogP contribution in [0.5, 0.6) is 0 Å². The Balaban J connectivity index is 1.59. The largest absolute Gasteiger partial charge is 0.349 e. The molecule has 162 valence electrons. The molecule has 1 aliphatic rings. The van der Waals surface area contributed by atoms with Gasteiger partial charge in [-0.1, -0.05) is 36.8 Å². The number of rotatable bonds is 7. The van der Waals surface area contributed by atoms with Crippen LogP contribution in [0.1, 0.15) is 43.4 Å². The molecule has 0 bridgehead atoms. The Morgan fingerprint density at radius 2 is 1.70 bits per heavy atom. The van der Waals surface area contributed by atoms with Crippen LogP contribution in [0.2, 0.25) is 0 Å². The van der Waals surface area contributed by atoms with Crippen molar-refractivity contribution in [3.8, 4) is 0 Å². The summed E-state index contributed by atoms with van der Waals surface area (Å²) in [7, 11) is -3.52. The van der Waals surface area contributed by atoms with Crippen LogP contribution in [-0.4, -0.2) is 38.0 Å². The van der Waals surface area contributed by atoms with E-state index in [1.165, 1.54) is 9.87 Å². The van der Waals surface area contributed by atoms with Crippen LogP contribution in [0.15, 0.2) is 58.3 Å². The van der Waals surface area contributed by atoms with Gasteiger partial charge in [0.2, 0.25) is 15.9 Å². The fourth-order valence-electron chi connectivity index (χ4n) is 3.76. The van der Waals surface area contributed by atoms with Crippen LogP contribution in [-0.2, 0) is 14.8 Å². The van der Waals surface area contributed by atoms with Gasteiger partial charge < -0.3 is 5.32 Å². The summed E-state index contributed by atoms with van der Waals surface area (Å²) in [6.45, 7) is 4.84. The average Bonchev–Trinajstić information content (AvgIpc) is 2.78. The van der Waals surface area contributed by atoms with Crippen LogP contribution in [0, 0.1) is 12.8 Å². The molecule has 0 aromatic heterocycles. The molecule has 1 saturated heterocycles. The Morgan fingerprint density at radius 1 is 1.10 bits per heavy atom. The number of piperidine rings is 1. The summed E-state index contributed by atoms with van der Waals surface area (Å²) < 4.78 is 27.3. The van der Waals surface area contributed by atoms with Gasteiger partial charge in [0.1, 0.15) is 0 Å². The molecule has 2 aromatic carbocycles. The molecule has 5 nitrogen and oxygen atoms in total. The Labute approximate surface area is 184 Å². The van der Waals surface area contributed by atoms with Gasteiger partial charge in [0.15, 0.2) is 0 Å². The summed E-state index contributed by atoms with van der Waals surface area (Å²) in [5.74, 6) is -0.140. The van der Waals surface area contributed by atoms with Gasteiger partial charge in [0, 0.05) is 23.9 Å². The minimum absolute atomic E-state index is 0.0174. The zero-order chi connectivity index (χ0) is 21.7. The molecule has 3 rings (SSSR count). The molecule has 0 saturated carbocycles. The number of thioether (sulfide) groups is 1. The lowest BCUT2D eigenvalue weighted by atomic mass is 9.95. The number of sulfonamides is 1. The van der Waals surface area contributed by atoms with Crippen molar-refractivity contribution < 1.29 is 13.2 Å². The summed E-state index contributed by atoms with van der Waals surface area (Å²) in [5.41, 5.74) is 2.29. The highest BCUT2D eigenvalue weighted by Crippen LogP contribution is 2.26. The van der Waals surface area contributed by atoms with Crippen LogP contribution in [0.3, 0.4) is 0 Å².